The smallest absolute Gasteiger partial charge is 0.0957 e. The van der Waals surface area contributed by atoms with Gasteiger partial charge in [0.2, 0.25) is 0 Å². The van der Waals surface area contributed by atoms with Crippen molar-refractivity contribution < 1.29 is 5.11 Å². The molecule has 2 atom stereocenters. The largest absolute Gasteiger partial charge is 0.387 e. The standard InChI is InChI=1S/C14H20ClNO/c1-14(2)9-5-8-12(16-14)13(17)10-6-3-4-7-11(10)15/h3-4,6-7,12-13,16-17H,5,8-9H2,1-2H3/t12-,13-/m1/s1. The number of hydrogen-bond acceptors (Lipinski definition) is 2. The van der Waals surface area contributed by atoms with Crippen molar-refractivity contribution in [3.05, 3.63) is 34.9 Å². The summed E-state index contributed by atoms with van der Waals surface area (Å²) in [6.45, 7) is 4.36. The van der Waals surface area contributed by atoms with Crippen molar-refractivity contribution in [3.63, 3.8) is 0 Å². The molecule has 2 nitrogen and oxygen atoms in total. The fraction of sp³-hybridized carbons (Fsp3) is 0.571. The van der Waals surface area contributed by atoms with Crippen LogP contribution in [0.1, 0.15) is 44.8 Å². The lowest BCUT2D eigenvalue weighted by Crippen LogP contribution is -2.51. The van der Waals surface area contributed by atoms with Crippen LogP contribution in [-0.4, -0.2) is 16.7 Å². The van der Waals surface area contributed by atoms with Gasteiger partial charge in [0.1, 0.15) is 0 Å². The minimum absolute atomic E-state index is 0.0960. The van der Waals surface area contributed by atoms with Crippen LogP contribution in [0.2, 0.25) is 5.02 Å². The lowest BCUT2D eigenvalue weighted by atomic mass is 9.85. The Morgan fingerprint density at radius 2 is 2.12 bits per heavy atom. The molecule has 0 spiro atoms. The molecule has 94 valence electrons. The van der Waals surface area contributed by atoms with Gasteiger partial charge in [-0.25, -0.2) is 0 Å². The number of halogens is 1. The van der Waals surface area contributed by atoms with Gasteiger partial charge in [-0.1, -0.05) is 29.8 Å². The van der Waals surface area contributed by atoms with E-state index in [0.717, 1.165) is 24.8 Å². The number of nitrogens with one attached hydrogen (secondary N) is 1. The number of rotatable bonds is 2. The minimum atomic E-state index is -0.525. The molecule has 0 aliphatic carbocycles. The monoisotopic (exact) mass is 253 g/mol. The first-order chi connectivity index (χ1) is 7.99. The van der Waals surface area contributed by atoms with Gasteiger partial charge in [0.05, 0.1) is 6.10 Å². The van der Waals surface area contributed by atoms with Crippen molar-refractivity contribution in [2.45, 2.75) is 50.8 Å². The molecule has 1 aromatic rings. The topological polar surface area (TPSA) is 32.3 Å². The first-order valence-corrected chi connectivity index (χ1v) is 6.57. The van der Waals surface area contributed by atoms with Crippen LogP contribution in [0.5, 0.6) is 0 Å². The molecule has 1 saturated heterocycles. The molecule has 2 rings (SSSR count). The Labute approximate surface area is 108 Å². The Kier molecular flexibility index (Phi) is 3.76. The molecule has 0 unspecified atom stereocenters. The lowest BCUT2D eigenvalue weighted by Gasteiger charge is -2.39. The highest BCUT2D eigenvalue weighted by atomic mass is 35.5. The summed E-state index contributed by atoms with van der Waals surface area (Å²) in [4.78, 5) is 0. The second-order valence-electron chi connectivity index (χ2n) is 5.49. The molecule has 1 heterocycles. The zero-order valence-electron chi connectivity index (χ0n) is 10.4. The van der Waals surface area contributed by atoms with Gasteiger partial charge >= 0.3 is 0 Å². The number of aliphatic hydroxyl groups excluding tert-OH is 1. The molecular formula is C14H20ClNO. The maximum atomic E-state index is 10.4. The number of piperidine rings is 1. The van der Waals surface area contributed by atoms with Crippen LogP contribution in [-0.2, 0) is 0 Å². The third kappa shape index (κ3) is 3.01. The number of aliphatic hydroxyl groups is 1. The highest BCUT2D eigenvalue weighted by Crippen LogP contribution is 2.31. The summed E-state index contributed by atoms with van der Waals surface area (Å²) >= 11 is 6.12. The average Bonchev–Trinajstić information content (AvgIpc) is 2.27. The molecule has 1 fully saturated rings. The first-order valence-electron chi connectivity index (χ1n) is 6.20. The summed E-state index contributed by atoms with van der Waals surface area (Å²) < 4.78 is 0. The molecule has 0 amide bonds. The Balaban J connectivity index is 2.15. The summed E-state index contributed by atoms with van der Waals surface area (Å²) in [5.41, 5.74) is 0.926. The van der Waals surface area contributed by atoms with E-state index in [2.05, 4.69) is 19.2 Å². The third-order valence-corrected chi connectivity index (χ3v) is 3.84. The van der Waals surface area contributed by atoms with Gasteiger partial charge in [-0.3, -0.25) is 0 Å². The lowest BCUT2D eigenvalue weighted by molar-refractivity contribution is 0.0845. The van der Waals surface area contributed by atoms with Crippen molar-refractivity contribution in [1.82, 2.24) is 5.32 Å². The quantitative estimate of drug-likeness (QED) is 0.848. The molecule has 1 aliphatic heterocycles. The van der Waals surface area contributed by atoms with Crippen LogP contribution in [0.25, 0.3) is 0 Å². The van der Waals surface area contributed by atoms with Crippen molar-refractivity contribution in [2.75, 3.05) is 0 Å². The van der Waals surface area contributed by atoms with E-state index in [1.165, 1.54) is 0 Å². The van der Waals surface area contributed by atoms with Crippen LogP contribution in [0.15, 0.2) is 24.3 Å². The summed E-state index contributed by atoms with van der Waals surface area (Å²) in [5.74, 6) is 0. The number of hydrogen-bond donors (Lipinski definition) is 2. The highest BCUT2D eigenvalue weighted by Gasteiger charge is 2.32. The molecule has 0 radical (unpaired) electrons. The second kappa shape index (κ2) is 4.97. The van der Waals surface area contributed by atoms with Crippen LogP contribution in [0, 0.1) is 0 Å². The Bertz CT molecular complexity index is 392. The van der Waals surface area contributed by atoms with Crippen LogP contribution < -0.4 is 5.32 Å². The summed E-state index contributed by atoms with van der Waals surface area (Å²) in [7, 11) is 0. The zero-order valence-corrected chi connectivity index (χ0v) is 11.2. The van der Waals surface area contributed by atoms with Crippen molar-refractivity contribution in [1.29, 1.82) is 0 Å². The predicted octanol–water partition coefficient (Wildman–Crippen LogP) is 3.29. The Hall–Kier alpha value is -0.570. The third-order valence-electron chi connectivity index (χ3n) is 3.50. The molecule has 0 aromatic heterocycles. The van der Waals surface area contributed by atoms with E-state index in [1.807, 2.05) is 24.3 Å². The maximum Gasteiger partial charge on any atom is 0.0957 e. The average molecular weight is 254 g/mol. The van der Waals surface area contributed by atoms with Gasteiger partial charge < -0.3 is 10.4 Å². The van der Waals surface area contributed by atoms with Gasteiger partial charge in [-0.05, 0) is 39.2 Å². The summed E-state index contributed by atoms with van der Waals surface area (Å²) in [5, 5.41) is 14.6. The molecule has 0 bridgehead atoms. The van der Waals surface area contributed by atoms with Crippen molar-refractivity contribution >= 4 is 11.6 Å². The SMILES string of the molecule is CC1(C)CCC[C@H]([C@H](O)c2ccccc2Cl)N1. The Morgan fingerprint density at radius 1 is 1.41 bits per heavy atom. The second-order valence-corrected chi connectivity index (χ2v) is 5.90. The van der Waals surface area contributed by atoms with E-state index < -0.39 is 6.10 Å². The van der Waals surface area contributed by atoms with Crippen LogP contribution >= 0.6 is 11.6 Å². The van der Waals surface area contributed by atoms with Crippen molar-refractivity contribution in [2.24, 2.45) is 0 Å². The van der Waals surface area contributed by atoms with Crippen molar-refractivity contribution in [3.8, 4) is 0 Å². The van der Waals surface area contributed by atoms with Gasteiger partial charge in [0.15, 0.2) is 0 Å². The van der Waals surface area contributed by atoms with E-state index >= 15 is 0 Å². The van der Waals surface area contributed by atoms with E-state index in [0.29, 0.717) is 5.02 Å². The fourth-order valence-corrected chi connectivity index (χ4v) is 2.83. The van der Waals surface area contributed by atoms with Crippen LogP contribution in [0.3, 0.4) is 0 Å². The summed E-state index contributed by atoms with van der Waals surface area (Å²) in [6, 6.07) is 7.62. The molecule has 3 heteroatoms. The predicted molar refractivity (Wildman–Crippen MR) is 71.3 cm³/mol. The molecule has 0 saturated carbocycles. The summed E-state index contributed by atoms with van der Waals surface area (Å²) in [6.07, 6.45) is 2.77. The van der Waals surface area contributed by atoms with Crippen LogP contribution in [0.4, 0.5) is 0 Å². The highest BCUT2D eigenvalue weighted by molar-refractivity contribution is 6.31. The first kappa shape index (κ1) is 12.9. The maximum absolute atomic E-state index is 10.4. The van der Waals surface area contributed by atoms with E-state index in [1.54, 1.807) is 0 Å². The molecule has 2 N–H and O–H groups in total. The zero-order chi connectivity index (χ0) is 12.5. The van der Waals surface area contributed by atoms with Gasteiger partial charge in [0, 0.05) is 22.2 Å². The molecular weight excluding hydrogens is 234 g/mol. The van der Waals surface area contributed by atoms with E-state index in [4.69, 9.17) is 11.6 Å². The van der Waals surface area contributed by atoms with E-state index in [9.17, 15) is 5.11 Å². The molecule has 17 heavy (non-hydrogen) atoms. The molecule has 1 aromatic carbocycles. The van der Waals surface area contributed by atoms with E-state index in [-0.39, 0.29) is 11.6 Å². The van der Waals surface area contributed by atoms with Gasteiger partial charge in [-0.2, -0.15) is 0 Å². The minimum Gasteiger partial charge on any atom is -0.387 e. The number of benzene rings is 1. The normalized spacial score (nSPS) is 25.5. The van der Waals surface area contributed by atoms with Gasteiger partial charge in [-0.15, -0.1) is 0 Å². The molecule has 1 aliphatic rings. The Morgan fingerprint density at radius 3 is 2.76 bits per heavy atom. The van der Waals surface area contributed by atoms with Gasteiger partial charge in [0.25, 0.3) is 0 Å². The fourth-order valence-electron chi connectivity index (χ4n) is 2.58.